The molecular weight excluding hydrogens is 262 g/mol. The van der Waals surface area contributed by atoms with Gasteiger partial charge in [-0.1, -0.05) is 69.4 Å². The molecule has 0 fully saturated rings. The molecule has 1 rings (SSSR count). The number of hydrogen-bond acceptors (Lipinski definition) is 3. The van der Waals surface area contributed by atoms with Gasteiger partial charge in [0.05, 0.1) is 18.8 Å². The monoisotopic (exact) mass is 289 g/mol. The maximum Gasteiger partial charge on any atom is 0.169 e. The summed E-state index contributed by atoms with van der Waals surface area (Å²) in [7, 11) is 1.57. The third-order valence-corrected chi connectivity index (χ3v) is 3.62. The van der Waals surface area contributed by atoms with Gasteiger partial charge in [0.1, 0.15) is 0 Å². The summed E-state index contributed by atoms with van der Waals surface area (Å²) in [6.45, 7) is 2.74. The van der Waals surface area contributed by atoms with Crippen molar-refractivity contribution in [2.24, 2.45) is 0 Å². The highest BCUT2D eigenvalue weighted by Crippen LogP contribution is 2.16. The molecular formula is C18H27NO2. The van der Waals surface area contributed by atoms with Crippen LogP contribution in [0.5, 0.6) is 0 Å². The fraction of sp³-hybridized carbons (Fsp3) is 0.611. The largest absolute Gasteiger partial charge is 0.370 e. The van der Waals surface area contributed by atoms with Crippen molar-refractivity contribution in [1.29, 1.82) is 5.26 Å². The van der Waals surface area contributed by atoms with Crippen molar-refractivity contribution >= 4 is 0 Å². The number of benzene rings is 1. The Kier molecular flexibility index (Phi) is 9.52. The first-order chi connectivity index (χ1) is 10.3. The van der Waals surface area contributed by atoms with E-state index in [4.69, 9.17) is 9.47 Å². The van der Waals surface area contributed by atoms with Crippen molar-refractivity contribution in [2.45, 2.75) is 64.3 Å². The first-order valence-electron chi connectivity index (χ1n) is 7.89. The molecule has 1 aromatic carbocycles. The van der Waals surface area contributed by atoms with Crippen LogP contribution in [0, 0.1) is 11.3 Å². The molecule has 2 unspecified atom stereocenters. The molecule has 0 N–H and O–H groups in total. The summed E-state index contributed by atoms with van der Waals surface area (Å²) in [6, 6.07) is 12.2. The smallest absolute Gasteiger partial charge is 0.169 e. The summed E-state index contributed by atoms with van der Waals surface area (Å²) in [5.41, 5.74) is 1.13. The summed E-state index contributed by atoms with van der Waals surface area (Å²) in [4.78, 5) is 0. The van der Waals surface area contributed by atoms with E-state index in [1.807, 2.05) is 30.3 Å². The summed E-state index contributed by atoms with van der Waals surface area (Å²) in [5.74, 6) is 0. The average Bonchev–Trinajstić information content (AvgIpc) is 2.53. The fourth-order valence-corrected chi connectivity index (χ4v) is 2.34. The quantitative estimate of drug-likeness (QED) is 0.564. The minimum Gasteiger partial charge on any atom is -0.370 e. The van der Waals surface area contributed by atoms with Gasteiger partial charge in [0.2, 0.25) is 0 Å². The first kappa shape index (κ1) is 17.7. The van der Waals surface area contributed by atoms with Crippen molar-refractivity contribution in [3.8, 4) is 6.07 Å². The maximum absolute atomic E-state index is 9.18. The fourth-order valence-electron chi connectivity index (χ4n) is 2.34. The van der Waals surface area contributed by atoms with Crippen LogP contribution in [0.3, 0.4) is 0 Å². The highest BCUT2D eigenvalue weighted by molar-refractivity contribution is 5.13. The van der Waals surface area contributed by atoms with E-state index < -0.39 is 6.10 Å². The van der Waals surface area contributed by atoms with E-state index in [9.17, 15) is 5.26 Å². The number of nitriles is 1. The van der Waals surface area contributed by atoms with E-state index in [0.29, 0.717) is 6.61 Å². The summed E-state index contributed by atoms with van der Waals surface area (Å²) >= 11 is 0. The van der Waals surface area contributed by atoms with E-state index in [0.717, 1.165) is 18.4 Å². The molecule has 0 heterocycles. The van der Waals surface area contributed by atoms with Crippen molar-refractivity contribution in [3.63, 3.8) is 0 Å². The minimum atomic E-state index is -0.486. The summed E-state index contributed by atoms with van der Waals surface area (Å²) in [6.07, 6.45) is 6.30. The van der Waals surface area contributed by atoms with Gasteiger partial charge in [-0.05, 0) is 12.0 Å². The predicted molar refractivity (Wildman–Crippen MR) is 84.8 cm³/mol. The molecule has 0 radical (unpaired) electrons. The van der Waals surface area contributed by atoms with Gasteiger partial charge in [-0.25, -0.2) is 0 Å². The Morgan fingerprint density at radius 2 is 1.81 bits per heavy atom. The molecule has 0 bridgehead atoms. The van der Waals surface area contributed by atoms with Gasteiger partial charge in [0.15, 0.2) is 6.10 Å². The zero-order valence-corrected chi connectivity index (χ0v) is 13.3. The average molecular weight is 289 g/mol. The summed E-state index contributed by atoms with van der Waals surface area (Å²) < 4.78 is 11.2. The number of nitrogens with zero attached hydrogens (tertiary/aromatic N) is 1. The molecule has 2 atom stereocenters. The van der Waals surface area contributed by atoms with E-state index in [-0.39, 0.29) is 6.10 Å². The molecule has 0 aliphatic rings. The van der Waals surface area contributed by atoms with Gasteiger partial charge < -0.3 is 9.47 Å². The van der Waals surface area contributed by atoms with E-state index in [1.54, 1.807) is 7.11 Å². The van der Waals surface area contributed by atoms with Crippen LogP contribution in [0.4, 0.5) is 0 Å². The molecule has 0 aromatic heterocycles. The molecule has 3 heteroatoms. The molecule has 3 nitrogen and oxygen atoms in total. The zero-order valence-electron chi connectivity index (χ0n) is 13.3. The standard InChI is InChI=1S/C18H27NO2/c1-3-4-5-6-10-13-17(18(14-19)20-2)21-15-16-11-8-7-9-12-16/h7-9,11-12,17-18H,3-6,10,13,15H2,1-2H3. The normalized spacial score (nSPS) is 13.6. The van der Waals surface area contributed by atoms with Gasteiger partial charge >= 0.3 is 0 Å². The Morgan fingerprint density at radius 3 is 2.43 bits per heavy atom. The summed E-state index contributed by atoms with van der Waals surface area (Å²) in [5, 5.41) is 9.18. The second kappa shape index (κ2) is 11.3. The second-order valence-electron chi connectivity index (χ2n) is 5.32. The van der Waals surface area contributed by atoms with E-state index in [2.05, 4.69) is 13.0 Å². The van der Waals surface area contributed by atoms with Crippen molar-refractivity contribution in [3.05, 3.63) is 35.9 Å². The first-order valence-corrected chi connectivity index (χ1v) is 7.89. The van der Waals surface area contributed by atoms with Gasteiger partial charge in [-0.15, -0.1) is 0 Å². The van der Waals surface area contributed by atoms with Crippen LogP contribution in [-0.2, 0) is 16.1 Å². The van der Waals surface area contributed by atoms with Gasteiger partial charge in [-0.3, -0.25) is 0 Å². The Labute approximate surface area is 128 Å². The lowest BCUT2D eigenvalue weighted by Crippen LogP contribution is -2.29. The van der Waals surface area contributed by atoms with Crippen molar-refractivity contribution in [1.82, 2.24) is 0 Å². The number of rotatable bonds is 11. The van der Waals surface area contributed by atoms with E-state index >= 15 is 0 Å². The molecule has 0 amide bonds. The number of ether oxygens (including phenoxy) is 2. The predicted octanol–water partition coefficient (Wildman–Crippen LogP) is 4.47. The topological polar surface area (TPSA) is 42.2 Å². The van der Waals surface area contributed by atoms with Crippen molar-refractivity contribution < 1.29 is 9.47 Å². The minimum absolute atomic E-state index is 0.151. The van der Waals surface area contributed by atoms with Gasteiger partial charge in [0.25, 0.3) is 0 Å². The molecule has 0 aliphatic carbocycles. The second-order valence-corrected chi connectivity index (χ2v) is 5.32. The molecule has 0 spiro atoms. The SMILES string of the molecule is CCCCCCCC(OCc1ccccc1)C(C#N)OC. The highest BCUT2D eigenvalue weighted by Gasteiger charge is 2.21. The van der Waals surface area contributed by atoms with Crippen molar-refractivity contribution in [2.75, 3.05) is 7.11 Å². The molecule has 116 valence electrons. The number of hydrogen-bond donors (Lipinski definition) is 0. The molecule has 0 saturated carbocycles. The Morgan fingerprint density at radius 1 is 1.10 bits per heavy atom. The van der Waals surface area contributed by atoms with Gasteiger partial charge in [0, 0.05) is 7.11 Å². The Hall–Kier alpha value is -1.37. The molecule has 1 aromatic rings. The third kappa shape index (κ3) is 7.27. The lowest BCUT2D eigenvalue weighted by Gasteiger charge is -2.21. The molecule has 0 aliphatic heterocycles. The molecule has 21 heavy (non-hydrogen) atoms. The van der Waals surface area contributed by atoms with Crippen LogP contribution in [-0.4, -0.2) is 19.3 Å². The van der Waals surface area contributed by atoms with E-state index in [1.165, 1.54) is 25.7 Å². The van der Waals surface area contributed by atoms with Gasteiger partial charge in [-0.2, -0.15) is 5.26 Å². The Balaban J connectivity index is 2.43. The van der Waals surface area contributed by atoms with Crippen LogP contribution in [0.15, 0.2) is 30.3 Å². The zero-order chi connectivity index (χ0) is 15.3. The van der Waals surface area contributed by atoms with Crippen LogP contribution in [0.1, 0.15) is 51.0 Å². The Bertz CT molecular complexity index is 399. The van der Waals surface area contributed by atoms with Crippen LogP contribution < -0.4 is 0 Å². The maximum atomic E-state index is 9.18. The highest BCUT2D eigenvalue weighted by atomic mass is 16.5. The van der Waals surface area contributed by atoms with Crippen LogP contribution >= 0.6 is 0 Å². The van der Waals surface area contributed by atoms with Crippen LogP contribution in [0.25, 0.3) is 0 Å². The number of unbranched alkanes of at least 4 members (excludes halogenated alkanes) is 4. The van der Waals surface area contributed by atoms with Crippen LogP contribution in [0.2, 0.25) is 0 Å². The number of methoxy groups -OCH3 is 1. The molecule has 0 saturated heterocycles. The third-order valence-electron chi connectivity index (χ3n) is 3.62. The lowest BCUT2D eigenvalue weighted by atomic mass is 10.0. The lowest BCUT2D eigenvalue weighted by molar-refractivity contribution is -0.0452.